The highest BCUT2D eigenvalue weighted by Gasteiger charge is 2.38. The van der Waals surface area contributed by atoms with Gasteiger partial charge in [-0.2, -0.15) is 18.4 Å². The maximum absolute atomic E-state index is 10.6. The molecule has 1 aromatic carbocycles. The maximum atomic E-state index is 10.6. The third kappa shape index (κ3) is 4.41. The summed E-state index contributed by atoms with van der Waals surface area (Å²) < 4.78 is 33.7. The van der Waals surface area contributed by atoms with Crippen LogP contribution in [0.2, 0.25) is 0 Å². The summed E-state index contributed by atoms with van der Waals surface area (Å²) in [7, 11) is 0. The van der Waals surface area contributed by atoms with Gasteiger partial charge in [-0.1, -0.05) is 12.1 Å². The molecule has 7 nitrogen and oxygen atoms in total. The molecule has 0 saturated heterocycles. The lowest BCUT2D eigenvalue weighted by atomic mass is 10.1. The smallest absolute Gasteiger partial charge is 0.475 e. The Kier molecular flexibility index (Phi) is 5.32. The predicted molar refractivity (Wildman–Crippen MR) is 97.1 cm³/mol. The van der Waals surface area contributed by atoms with Gasteiger partial charge in [-0.05, 0) is 24.3 Å². The van der Waals surface area contributed by atoms with E-state index in [2.05, 4.69) is 21.0 Å². The van der Waals surface area contributed by atoms with Gasteiger partial charge in [0.05, 0.1) is 29.3 Å². The second kappa shape index (κ2) is 7.85. The van der Waals surface area contributed by atoms with Gasteiger partial charge in [-0.15, -0.1) is 0 Å². The molecular formula is C19H12F3N5O2. The minimum absolute atomic E-state index is 0.629. The van der Waals surface area contributed by atoms with Crippen LogP contribution in [0.25, 0.3) is 28.0 Å². The van der Waals surface area contributed by atoms with E-state index in [0.29, 0.717) is 5.56 Å². The Labute approximate surface area is 161 Å². The molecule has 0 saturated carbocycles. The molecule has 146 valence electrons. The van der Waals surface area contributed by atoms with Gasteiger partial charge >= 0.3 is 12.1 Å². The predicted octanol–water partition coefficient (Wildman–Crippen LogP) is 3.92. The third-order valence-corrected chi connectivity index (χ3v) is 3.83. The maximum Gasteiger partial charge on any atom is 0.490 e. The topological polar surface area (TPSA) is 108 Å². The van der Waals surface area contributed by atoms with Gasteiger partial charge in [0.2, 0.25) is 0 Å². The number of aromatic nitrogens is 4. The molecule has 0 aliphatic carbocycles. The lowest BCUT2D eigenvalue weighted by Gasteiger charge is -2.03. The van der Waals surface area contributed by atoms with Gasteiger partial charge in [0, 0.05) is 29.5 Å². The number of pyridine rings is 1. The number of alkyl halides is 3. The zero-order chi connectivity index (χ0) is 21.0. The van der Waals surface area contributed by atoms with Crippen molar-refractivity contribution in [1.82, 2.24) is 19.5 Å². The van der Waals surface area contributed by atoms with Crippen LogP contribution in [0.4, 0.5) is 13.2 Å². The number of nitriles is 1. The number of aromatic amines is 1. The monoisotopic (exact) mass is 399 g/mol. The second-order valence-electron chi connectivity index (χ2n) is 5.73. The van der Waals surface area contributed by atoms with Gasteiger partial charge < -0.3 is 14.7 Å². The summed E-state index contributed by atoms with van der Waals surface area (Å²) in [4.78, 5) is 20.7. The number of imidazole rings is 1. The Morgan fingerprint density at radius 1 is 1.21 bits per heavy atom. The van der Waals surface area contributed by atoms with E-state index >= 15 is 0 Å². The summed E-state index contributed by atoms with van der Waals surface area (Å²) >= 11 is 0. The molecule has 0 atom stereocenters. The van der Waals surface area contributed by atoms with Gasteiger partial charge in [-0.25, -0.2) is 14.8 Å². The van der Waals surface area contributed by atoms with Crippen molar-refractivity contribution in [2.45, 2.75) is 6.18 Å². The molecule has 0 aliphatic rings. The van der Waals surface area contributed by atoms with E-state index in [9.17, 15) is 13.2 Å². The summed E-state index contributed by atoms with van der Waals surface area (Å²) in [6, 6.07) is 13.5. The fraction of sp³-hybridized carbons (Fsp3) is 0.0526. The molecule has 0 aliphatic heterocycles. The SMILES string of the molecule is N#Cc1cccc(-c2cn(-c3ccnc4[nH]ccc34)cn2)c1.O=C(O)C(F)(F)F. The Morgan fingerprint density at radius 3 is 2.66 bits per heavy atom. The number of hydrogen-bond acceptors (Lipinski definition) is 4. The highest BCUT2D eigenvalue weighted by atomic mass is 19.4. The first-order chi connectivity index (χ1) is 13.8. The summed E-state index contributed by atoms with van der Waals surface area (Å²) in [6.45, 7) is 0. The number of nitrogens with one attached hydrogen (secondary N) is 1. The minimum atomic E-state index is -5.08. The molecule has 0 radical (unpaired) electrons. The number of fused-ring (bicyclic) bond motifs is 1. The van der Waals surface area contributed by atoms with Crippen LogP contribution in [0.1, 0.15) is 5.56 Å². The summed E-state index contributed by atoms with van der Waals surface area (Å²) in [5.74, 6) is -2.76. The van der Waals surface area contributed by atoms with Crippen molar-refractivity contribution in [3.05, 3.63) is 66.9 Å². The van der Waals surface area contributed by atoms with Crippen LogP contribution < -0.4 is 0 Å². The third-order valence-electron chi connectivity index (χ3n) is 3.83. The number of benzene rings is 1. The van der Waals surface area contributed by atoms with Crippen molar-refractivity contribution in [3.63, 3.8) is 0 Å². The average Bonchev–Trinajstić information content (AvgIpc) is 3.37. The molecule has 3 heterocycles. The van der Waals surface area contributed by atoms with Crippen molar-refractivity contribution in [2.75, 3.05) is 0 Å². The molecule has 29 heavy (non-hydrogen) atoms. The molecule has 3 aromatic heterocycles. The Balaban J connectivity index is 0.000000298. The summed E-state index contributed by atoms with van der Waals surface area (Å²) in [5.41, 5.74) is 4.25. The van der Waals surface area contributed by atoms with Crippen LogP contribution in [0, 0.1) is 11.3 Å². The largest absolute Gasteiger partial charge is 0.490 e. The zero-order valence-corrected chi connectivity index (χ0v) is 14.6. The molecule has 0 amide bonds. The van der Waals surface area contributed by atoms with Crippen molar-refractivity contribution in [3.8, 4) is 23.0 Å². The van der Waals surface area contributed by atoms with Crippen LogP contribution in [0.5, 0.6) is 0 Å². The molecule has 0 spiro atoms. The number of hydrogen-bond donors (Lipinski definition) is 2. The van der Waals surface area contributed by atoms with Crippen LogP contribution in [-0.2, 0) is 4.79 Å². The Bertz CT molecular complexity index is 1200. The highest BCUT2D eigenvalue weighted by molar-refractivity contribution is 5.84. The van der Waals surface area contributed by atoms with E-state index < -0.39 is 12.1 Å². The normalized spacial score (nSPS) is 10.8. The Hall–Kier alpha value is -4.13. The quantitative estimate of drug-likeness (QED) is 0.531. The number of nitrogens with zero attached hydrogens (tertiary/aromatic N) is 4. The van der Waals surface area contributed by atoms with E-state index in [0.717, 1.165) is 28.0 Å². The fourth-order valence-corrected chi connectivity index (χ4v) is 2.52. The molecular weight excluding hydrogens is 387 g/mol. The lowest BCUT2D eigenvalue weighted by molar-refractivity contribution is -0.192. The number of carboxylic acids is 1. The lowest BCUT2D eigenvalue weighted by Crippen LogP contribution is -2.21. The zero-order valence-electron chi connectivity index (χ0n) is 14.6. The number of halogens is 3. The first kappa shape index (κ1) is 19.6. The van der Waals surface area contributed by atoms with Gasteiger partial charge in [0.1, 0.15) is 5.65 Å². The standard InChI is InChI=1S/C17H11N5.C2HF3O2/c18-9-12-2-1-3-13(8-12)15-10-22(11-21-15)16-5-7-20-17-14(16)4-6-19-17;3-2(4,5)1(6)7/h1-8,10-11H,(H,19,20);(H,6,7). The molecule has 10 heteroatoms. The summed E-state index contributed by atoms with van der Waals surface area (Å²) in [5, 5.41) is 17.2. The van der Waals surface area contributed by atoms with E-state index in [4.69, 9.17) is 15.2 Å². The van der Waals surface area contributed by atoms with Crippen LogP contribution in [0.3, 0.4) is 0 Å². The molecule has 4 rings (SSSR count). The minimum Gasteiger partial charge on any atom is -0.475 e. The van der Waals surface area contributed by atoms with E-state index in [1.54, 1.807) is 18.6 Å². The van der Waals surface area contributed by atoms with Crippen molar-refractivity contribution < 1.29 is 23.1 Å². The van der Waals surface area contributed by atoms with E-state index in [-0.39, 0.29) is 0 Å². The van der Waals surface area contributed by atoms with E-state index in [1.807, 2.05) is 47.3 Å². The molecule has 2 N–H and O–H groups in total. The van der Waals surface area contributed by atoms with Gasteiger partial charge in [-0.3, -0.25) is 0 Å². The number of carbonyl (C=O) groups is 1. The van der Waals surface area contributed by atoms with Crippen LogP contribution in [-0.4, -0.2) is 36.8 Å². The van der Waals surface area contributed by atoms with E-state index in [1.165, 1.54) is 0 Å². The molecule has 0 unspecified atom stereocenters. The Morgan fingerprint density at radius 2 is 1.97 bits per heavy atom. The van der Waals surface area contributed by atoms with Crippen LogP contribution >= 0.6 is 0 Å². The number of rotatable bonds is 2. The molecule has 0 fully saturated rings. The van der Waals surface area contributed by atoms with Crippen molar-refractivity contribution in [1.29, 1.82) is 5.26 Å². The molecule has 0 bridgehead atoms. The first-order valence-corrected chi connectivity index (χ1v) is 8.06. The molecule has 4 aromatic rings. The highest BCUT2D eigenvalue weighted by Crippen LogP contribution is 2.23. The fourth-order valence-electron chi connectivity index (χ4n) is 2.52. The van der Waals surface area contributed by atoms with Crippen LogP contribution in [0.15, 0.2) is 61.3 Å². The average molecular weight is 399 g/mol. The number of aliphatic carboxylic acids is 1. The van der Waals surface area contributed by atoms with Gasteiger partial charge in [0.25, 0.3) is 0 Å². The second-order valence-corrected chi connectivity index (χ2v) is 5.73. The van der Waals surface area contributed by atoms with Gasteiger partial charge in [0.15, 0.2) is 0 Å². The number of carboxylic acid groups (broad SMARTS) is 1. The summed E-state index contributed by atoms with van der Waals surface area (Å²) in [6.07, 6.45) is 2.29. The van der Waals surface area contributed by atoms with Crippen molar-refractivity contribution >= 4 is 17.0 Å². The van der Waals surface area contributed by atoms with Crippen molar-refractivity contribution in [2.24, 2.45) is 0 Å². The first-order valence-electron chi connectivity index (χ1n) is 8.06. The number of H-pyrrole nitrogens is 1.